The van der Waals surface area contributed by atoms with Gasteiger partial charge in [-0.2, -0.15) is 0 Å². The lowest BCUT2D eigenvalue weighted by atomic mass is 10.2. The van der Waals surface area contributed by atoms with Crippen molar-refractivity contribution >= 4 is 28.6 Å². The Morgan fingerprint density at radius 2 is 2.08 bits per heavy atom. The van der Waals surface area contributed by atoms with Crippen LogP contribution in [0.1, 0.15) is 18.4 Å². The average molecular weight is 368 g/mol. The first-order chi connectivity index (χ1) is 12.5. The molecule has 2 heterocycles. The molecule has 0 unspecified atom stereocenters. The zero-order valence-corrected chi connectivity index (χ0v) is 15.5. The fourth-order valence-corrected chi connectivity index (χ4v) is 3.74. The number of aryl methyl sites for hydroxylation is 2. The number of terminal acetylenes is 1. The second-order valence-corrected chi connectivity index (χ2v) is 6.85. The molecule has 0 saturated carbocycles. The molecule has 3 aromatic rings. The Labute approximate surface area is 156 Å². The SMILES string of the molecule is C#CCCCn1c(Sc2cc(O)c(O)cc2C)nc2c(NC)nccc21. The molecule has 0 radical (unpaired) electrons. The van der Waals surface area contributed by atoms with Crippen molar-refractivity contribution < 1.29 is 10.2 Å². The van der Waals surface area contributed by atoms with Crippen LogP contribution in [-0.4, -0.2) is 31.8 Å². The molecule has 0 aliphatic heterocycles. The smallest absolute Gasteiger partial charge is 0.174 e. The second-order valence-electron chi connectivity index (χ2n) is 5.84. The van der Waals surface area contributed by atoms with Crippen LogP contribution in [0.3, 0.4) is 0 Å². The molecule has 0 bridgehead atoms. The van der Waals surface area contributed by atoms with Crippen LogP contribution in [0.25, 0.3) is 11.0 Å². The number of aromatic nitrogens is 3. The van der Waals surface area contributed by atoms with Crippen molar-refractivity contribution in [2.75, 3.05) is 12.4 Å². The van der Waals surface area contributed by atoms with Crippen molar-refractivity contribution in [3.63, 3.8) is 0 Å². The van der Waals surface area contributed by atoms with Crippen molar-refractivity contribution in [1.82, 2.24) is 14.5 Å². The number of phenols is 2. The number of nitrogens with zero attached hydrogens (tertiary/aromatic N) is 3. The van der Waals surface area contributed by atoms with Gasteiger partial charge in [0.2, 0.25) is 0 Å². The first kappa shape index (κ1) is 18.0. The number of aromatic hydroxyl groups is 2. The molecule has 0 saturated heterocycles. The molecule has 0 aliphatic carbocycles. The Morgan fingerprint density at radius 3 is 2.81 bits per heavy atom. The van der Waals surface area contributed by atoms with E-state index in [2.05, 4.69) is 20.8 Å². The molecule has 6 nitrogen and oxygen atoms in total. The van der Waals surface area contributed by atoms with Gasteiger partial charge in [-0.25, -0.2) is 9.97 Å². The van der Waals surface area contributed by atoms with Crippen molar-refractivity contribution in [3.8, 4) is 23.8 Å². The zero-order chi connectivity index (χ0) is 18.7. The standard InChI is InChI=1S/C19H20N4O2S/c1-4-5-6-9-23-13-7-8-21-18(20-3)17(13)22-19(23)26-16-11-15(25)14(24)10-12(16)2/h1,7-8,10-11,24-25H,5-6,9H2,2-3H3,(H,20,21). The van der Waals surface area contributed by atoms with Gasteiger partial charge in [-0.05, 0) is 37.1 Å². The number of rotatable bonds is 6. The third-order valence-electron chi connectivity index (χ3n) is 4.05. The first-order valence-electron chi connectivity index (χ1n) is 8.22. The molecule has 0 aliphatic rings. The van der Waals surface area contributed by atoms with E-state index >= 15 is 0 Å². The number of anilines is 1. The summed E-state index contributed by atoms with van der Waals surface area (Å²) in [6.45, 7) is 2.62. The van der Waals surface area contributed by atoms with Crippen LogP contribution in [0.5, 0.6) is 11.5 Å². The van der Waals surface area contributed by atoms with Crippen molar-refractivity contribution in [2.45, 2.75) is 36.4 Å². The topological polar surface area (TPSA) is 83.2 Å². The van der Waals surface area contributed by atoms with E-state index in [1.54, 1.807) is 18.3 Å². The molecule has 1 aromatic carbocycles. The predicted molar refractivity (Wildman–Crippen MR) is 104 cm³/mol. The molecule has 0 amide bonds. The summed E-state index contributed by atoms with van der Waals surface area (Å²) in [6, 6.07) is 5.03. The van der Waals surface area contributed by atoms with Crippen LogP contribution in [0, 0.1) is 19.3 Å². The van der Waals surface area contributed by atoms with Crippen molar-refractivity contribution in [2.24, 2.45) is 0 Å². The highest BCUT2D eigenvalue weighted by Crippen LogP contribution is 2.38. The lowest BCUT2D eigenvalue weighted by molar-refractivity contribution is 0.402. The summed E-state index contributed by atoms with van der Waals surface area (Å²) in [7, 11) is 1.81. The number of unbranched alkanes of at least 4 members (excludes halogenated alkanes) is 1. The Morgan fingerprint density at radius 1 is 1.31 bits per heavy atom. The highest BCUT2D eigenvalue weighted by Gasteiger charge is 2.17. The minimum Gasteiger partial charge on any atom is -0.504 e. The Balaban J connectivity index is 2.07. The summed E-state index contributed by atoms with van der Waals surface area (Å²) >= 11 is 1.44. The molecule has 0 fully saturated rings. The maximum absolute atomic E-state index is 9.83. The maximum Gasteiger partial charge on any atom is 0.174 e. The van der Waals surface area contributed by atoms with E-state index in [4.69, 9.17) is 11.4 Å². The van der Waals surface area contributed by atoms with Crippen molar-refractivity contribution in [1.29, 1.82) is 0 Å². The molecular formula is C19H20N4O2S. The summed E-state index contributed by atoms with van der Waals surface area (Å²) in [6.07, 6.45) is 8.66. The minimum atomic E-state index is -0.148. The van der Waals surface area contributed by atoms with Crippen LogP contribution in [0.15, 0.2) is 34.4 Å². The lowest BCUT2D eigenvalue weighted by Crippen LogP contribution is -2.00. The Bertz CT molecular complexity index is 991. The molecule has 3 N–H and O–H groups in total. The van der Waals surface area contributed by atoms with Gasteiger partial charge >= 0.3 is 0 Å². The summed E-state index contributed by atoms with van der Waals surface area (Å²) in [5.41, 5.74) is 2.63. The molecule has 0 spiro atoms. The monoisotopic (exact) mass is 368 g/mol. The zero-order valence-electron chi connectivity index (χ0n) is 14.7. The molecule has 0 atom stereocenters. The van der Waals surface area contributed by atoms with Gasteiger partial charge in [-0.3, -0.25) is 0 Å². The van der Waals surface area contributed by atoms with Gasteiger partial charge in [-0.15, -0.1) is 12.3 Å². The molecule has 7 heteroatoms. The number of imidazole rings is 1. The average Bonchev–Trinajstić information content (AvgIpc) is 2.97. The molecule has 26 heavy (non-hydrogen) atoms. The van der Waals surface area contributed by atoms with Gasteiger partial charge in [0.15, 0.2) is 22.5 Å². The van der Waals surface area contributed by atoms with E-state index in [1.807, 2.05) is 20.0 Å². The molecule has 134 valence electrons. The van der Waals surface area contributed by atoms with E-state index in [0.29, 0.717) is 12.2 Å². The lowest BCUT2D eigenvalue weighted by Gasteiger charge is -2.10. The third kappa shape index (κ3) is 3.41. The van der Waals surface area contributed by atoms with Gasteiger partial charge in [0.25, 0.3) is 0 Å². The number of benzene rings is 1. The molecule has 2 aromatic heterocycles. The summed E-state index contributed by atoms with van der Waals surface area (Å²) < 4.78 is 2.11. The summed E-state index contributed by atoms with van der Waals surface area (Å²) in [5.74, 6) is 3.10. The van der Waals surface area contributed by atoms with E-state index in [0.717, 1.165) is 39.6 Å². The van der Waals surface area contributed by atoms with Gasteiger partial charge in [0, 0.05) is 31.1 Å². The minimum absolute atomic E-state index is 0.129. The van der Waals surface area contributed by atoms with E-state index in [9.17, 15) is 10.2 Å². The number of nitrogens with one attached hydrogen (secondary N) is 1. The highest BCUT2D eigenvalue weighted by atomic mass is 32.2. The van der Waals surface area contributed by atoms with Crippen LogP contribution in [0.2, 0.25) is 0 Å². The normalized spacial score (nSPS) is 10.8. The van der Waals surface area contributed by atoms with E-state index < -0.39 is 0 Å². The molecule has 3 rings (SSSR count). The molecular weight excluding hydrogens is 348 g/mol. The maximum atomic E-state index is 9.83. The fourth-order valence-electron chi connectivity index (χ4n) is 2.72. The van der Waals surface area contributed by atoms with Crippen molar-refractivity contribution in [3.05, 3.63) is 30.0 Å². The second kappa shape index (κ2) is 7.58. The largest absolute Gasteiger partial charge is 0.504 e. The Kier molecular flexibility index (Phi) is 5.24. The van der Waals surface area contributed by atoms with Crippen LogP contribution < -0.4 is 5.32 Å². The number of pyridine rings is 1. The predicted octanol–water partition coefficient (Wildman–Crippen LogP) is 3.76. The van der Waals surface area contributed by atoms with E-state index in [-0.39, 0.29) is 11.5 Å². The highest BCUT2D eigenvalue weighted by molar-refractivity contribution is 7.99. The number of phenolic OH excluding ortho intramolecular Hbond substituents is 2. The number of fused-ring (bicyclic) bond motifs is 1. The Hall–Kier alpha value is -2.85. The van der Waals surface area contributed by atoms with Crippen LogP contribution >= 0.6 is 11.8 Å². The van der Waals surface area contributed by atoms with Crippen LogP contribution in [0.4, 0.5) is 5.82 Å². The fraction of sp³-hybridized carbons (Fsp3) is 0.263. The van der Waals surface area contributed by atoms with Gasteiger partial charge in [0.05, 0.1) is 5.52 Å². The van der Waals surface area contributed by atoms with Gasteiger partial charge in [-0.1, -0.05) is 11.8 Å². The first-order valence-corrected chi connectivity index (χ1v) is 9.03. The quantitative estimate of drug-likeness (QED) is 0.349. The third-order valence-corrected chi connectivity index (χ3v) is 5.20. The van der Waals surface area contributed by atoms with E-state index in [1.165, 1.54) is 11.8 Å². The van der Waals surface area contributed by atoms with Gasteiger partial charge in [0.1, 0.15) is 5.52 Å². The number of hydrogen-bond donors (Lipinski definition) is 3. The van der Waals surface area contributed by atoms with Crippen LogP contribution in [-0.2, 0) is 6.54 Å². The number of hydrogen-bond acceptors (Lipinski definition) is 6. The summed E-state index contributed by atoms with van der Waals surface area (Å²) in [4.78, 5) is 9.91. The summed E-state index contributed by atoms with van der Waals surface area (Å²) in [5, 5.41) is 23.3. The van der Waals surface area contributed by atoms with Gasteiger partial charge < -0.3 is 20.1 Å².